The standard InChI is InChI=1S/C16H16F2N2O2S/c1-8-14(15(22)19-7-13(21)9-2-3-9)23-16(20-8)10-4-5-11(17)12(18)6-10/h4-6,9,13,21H,2-3,7H2,1H3,(H,19,22). The molecule has 1 unspecified atom stereocenters. The Balaban J connectivity index is 1.74. The van der Waals surface area contributed by atoms with Gasteiger partial charge in [-0.3, -0.25) is 4.79 Å². The fourth-order valence-corrected chi connectivity index (χ4v) is 3.26. The Morgan fingerprint density at radius 2 is 2.17 bits per heavy atom. The zero-order valence-electron chi connectivity index (χ0n) is 12.5. The summed E-state index contributed by atoms with van der Waals surface area (Å²) in [6, 6.07) is 3.52. The third-order valence-electron chi connectivity index (χ3n) is 3.81. The van der Waals surface area contributed by atoms with Gasteiger partial charge in [-0.25, -0.2) is 13.8 Å². The molecule has 1 aliphatic rings. The van der Waals surface area contributed by atoms with Crippen molar-refractivity contribution in [2.24, 2.45) is 5.92 Å². The summed E-state index contributed by atoms with van der Waals surface area (Å²) in [5.74, 6) is -1.90. The van der Waals surface area contributed by atoms with Crippen LogP contribution < -0.4 is 5.32 Å². The van der Waals surface area contributed by atoms with Gasteiger partial charge in [-0.2, -0.15) is 0 Å². The fourth-order valence-electron chi connectivity index (χ4n) is 2.28. The third kappa shape index (κ3) is 3.56. The van der Waals surface area contributed by atoms with Crippen LogP contribution in [0.2, 0.25) is 0 Å². The number of halogens is 2. The first-order valence-corrected chi connectivity index (χ1v) is 8.16. The van der Waals surface area contributed by atoms with Gasteiger partial charge >= 0.3 is 0 Å². The van der Waals surface area contributed by atoms with Crippen LogP contribution in [0, 0.1) is 24.5 Å². The van der Waals surface area contributed by atoms with Gasteiger partial charge in [0, 0.05) is 12.1 Å². The van der Waals surface area contributed by atoms with Crippen molar-refractivity contribution in [3.05, 3.63) is 40.4 Å². The Morgan fingerprint density at radius 3 is 2.83 bits per heavy atom. The van der Waals surface area contributed by atoms with Gasteiger partial charge in [0.1, 0.15) is 9.88 Å². The summed E-state index contributed by atoms with van der Waals surface area (Å²) in [6.45, 7) is 1.90. The van der Waals surface area contributed by atoms with Crippen LogP contribution in [0.3, 0.4) is 0 Å². The second-order valence-electron chi connectivity index (χ2n) is 5.68. The van der Waals surface area contributed by atoms with Gasteiger partial charge in [0.2, 0.25) is 0 Å². The SMILES string of the molecule is Cc1nc(-c2ccc(F)c(F)c2)sc1C(=O)NCC(O)C1CC1. The predicted octanol–water partition coefficient (Wildman–Crippen LogP) is 2.90. The molecule has 1 saturated carbocycles. The van der Waals surface area contributed by atoms with Crippen LogP contribution in [0.15, 0.2) is 18.2 Å². The normalized spacial score (nSPS) is 15.5. The van der Waals surface area contributed by atoms with E-state index in [1.54, 1.807) is 6.92 Å². The number of benzene rings is 1. The number of rotatable bonds is 5. The minimum Gasteiger partial charge on any atom is -0.391 e. The highest BCUT2D eigenvalue weighted by molar-refractivity contribution is 7.17. The molecule has 2 aromatic rings. The van der Waals surface area contributed by atoms with Crippen LogP contribution in [0.25, 0.3) is 10.6 Å². The Labute approximate surface area is 136 Å². The maximum atomic E-state index is 13.3. The molecule has 0 spiro atoms. The summed E-state index contributed by atoms with van der Waals surface area (Å²) in [7, 11) is 0. The van der Waals surface area contributed by atoms with E-state index in [1.807, 2.05) is 0 Å². The first-order chi connectivity index (χ1) is 11.0. The van der Waals surface area contributed by atoms with Gasteiger partial charge < -0.3 is 10.4 Å². The zero-order valence-corrected chi connectivity index (χ0v) is 13.3. The van der Waals surface area contributed by atoms with E-state index in [0.717, 1.165) is 36.3 Å². The van der Waals surface area contributed by atoms with E-state index in [1.165, 1.54) is 6.07 Å². The number of nitrogens with one attached hydrogen (secondary N) is 1. The molecule has 1 atom stereocenters. The summed E-state index contributed by atoms with van der Waals surface area (Å²) in [6.07, 6.45) is 1.48. The second-order valence-corrected chi connectivity index (χ2v) is 6.68. The minimum absolute atomic E-state index is 0.210. The van der Waals surface area contributed by atoms with Gasteiger partial charge in [-0.15, -0.1) is 11.3 Å². The molecule has 7 heteroatoms. The highest BCUT2D eigenvalue weighted by Crippen LogP contribution is 2.32. The molecular weight excluding hydrogens is 322 g/mol. The fraction of sp³-hybridized carbons (Fsp3) is 0.375. The zero-order chi connectivity index (χ0) is 16.6. The van der Waals surface area contributed by atoms with E-state index in [9.17, 15) is 18.7 Å². The summed E-state index contributed by atoms with van der Waals surface area (Å²) >= 11 is 1.12. The van der Waals surface area contributed by atoms with Crippen molar-refractivity contribution in [1.29, 1.82) is 0 Å². The van der Waals surface area contributed by atoms with Crippen molar-refractivity contribution < 1.29 is 18.7 Å². The number of aromatic nitrogens is 1. The lowest BCUT2D eigenvalue weighted by Gasteiger charge is -2.09. The monoisotopic (exact) mass is 338 g/mol. The lowest BCUT2D eigenvalue weighted by molar-refractivity contribution is 0.0904. The molecule has 122 valence electrons. The smallest absolute Gasteiger partial charge is 0.263 e. The van der Waals surface area contributed by atoms with Crippen molar-refractivity contribution in [3.63, 3.8) is 0 Å². The number of nitrogens with zero attached hydrogens (tertiary/aromatic N) is 1. The number of aliphatic hydroxyl groups is 1. The second kappa shape index (κ2) is 6.33. The molecule has 1 aromatic heterocycles. The van der Waals surface area contributed by atoms with E-state index < -0.39 is 17.7 Å². The molecule has 1 aromatic carbocycles. The Morgan fingerprint density at radius 1 is 1.43 bits per heavy atom. The van der Waals surface area contributed by atoms with Crippen molar-refractivity contribution in [2.45, 2.75) is 25.9 Å². The van der Waals surface area contributed by atoms with E-state index >= 15 is 0 Å². The van der Waals surface area contributed by atoms with Gasteiger partial charge in [-0.1, -0.05) is 0 Å². The number of hydrogen-bond acceptors (Lipinski definition) is 4. The van der Waals surface area contributed by atoms with Gasteiger partial charge in [-0.05, 0) is 43.9 Å². The largest absolute Gasteiger partial charge is 0.391 e. The van der Waals surface area contributed by atoms with Crippen molar-refractivity contribution >= 4 is 17.2 Å². The Hall–Kier alpha value is -1.86. The molecule has 1 amide bonds. The van der Waals surface area contributed by atoms with E-state index in [0.29, 0.717) is 21.1 Å². The average Bonchev–Trinajstić information content (AvgIpc) is 3.30. The van der Waals surface area contributed by atoms with Crippen molar-refractivity contribution in [2.75, 3.05) is 6.54 Å². The van der Waals surface area contributed by atoms with Gasteiger partial charge in [0.05, 0.1) is 11.8 Å². The Kier molecular flexibility index (Phi) is 4.41. The molecule has 23 heavy (non-hydrogen) atoms. The molecule has 1 aliphatic carbocycles. The first kappa shape index (κ1) is 16.0. The maximum Gasteiger partial charge on any atom is 0.263 e. The van der Waals surface area contributed by atoms with Crippen molar-refractivity contribution in [3.8, 4) is 10.6 Å². The number of amides is 1. The van der Waals surface area contributed by atoms with Gasteiger partial charge in [0.15, 0.2) is 11.6 Å². The number of hydrogen-bond donors (Lipinski definition) is 2. The predicted molar refractivity (Wildman–Crippen MR) is 83.3 cm³/mol. The molecule has 2 N–H and O–H groups in total. The third-order valence-corrected chi connectivity index (χ3v) is 5.01. The molecule has 4 nitrogen and oxygen atoms in total. The summed E-state index contributed by atoms with van der Waals surface area (Å²) in [5.41, 5.74) is 0.946. The molecule has 1 fully saturated rings. The average molecular weight is 338 g/mol. The van der Waals surface area contributed by atoms with E-state index in [4.69, 9.17) is 0 Å². The molecule has 0 aliphatic heterocycles. The lowest BCUT2D eigenvalue weighted by Crippen LogP contribution is -2.33. The topological polar surface area (TPSA) is 62.2 Å². The molecule has 1 heterocycles. The summed E-state index contributed by atoms with van der Waals surface area (Å²) < 4.78 is 26.3. The van der Waals surface area contributed by atoms with Gasteiger partial charge in [0.25, 0.3) is 5.91 Å². The van der Waals surface area contributed by atoms with E-state index in [-0.39, 0.29) is 18.4 Å². The number of thiazole rings is 1. The van der Waals surface area contributed by atoms with E-state index in [2.05, 4.69) is 10.3 Å². The van der Waals surface area contributed by atoms with Crippen LogP contribution in [0.1, 0.15) is 28.2 Å². The van der Waals surface area contributed by atoms with Crippen LogP contribution in [-0.4, -0.2) is 28.6 Å². The number of carbonyl (C=O) groups is 1. The number of aryl methyl sites for hydroxylation is 1. The van der Waals surface area contributed by atoms with Crippen molar-refractivity contribution in [1.82, 2.24) is 10.3 Å². The Bertz CT molecular complexity index is 744. The summed E-state index contributed by atoms with van der Waals surface area (Å²) in [5, 5.41) is 12.9. The summed E-state index contributed by atoms with van der Waals surface area (Å²) in [4.78, 5) is 16.9. The lowest BCUT2D eigenvalue weighted by atomic mass is 10.2. The minimum atomic E-state index is -0.950. The van der Waals surface area contributed by atoms with Crippen LogP contribution in [-0.2, 0) is 0 Å². The van der Waals surface area contributed by atoms with Crippen LogP contribution in [0.5, 0.6) is 0 Å². The number of carbonyl (C=O) groups excluding carboxylic acids is 1. The molecule has 0 bridgehead atoms. The van der Waals surface area contributed by atoms with Crippen LogP contribution in [0.4, 0.5) is 8.78 Å². The highest BCUT2D eigenvalue weighted by atomic mass is 32.1. The molecular formula is C16H16F2N2O2S. The molecule has 3 rings (SSSR count). The quantitative estimate of drug-likeness (QED) is 0.881. The van der Waals surface area contributed by atoms with Crippen LogP contribution >= 0.6 is 11.3 Å². The highest BCUT2D eigenvalue weighted by Gasteiger charge is 2.30. The first-order valence-electron chi connectivity index (χ1n) is 7.35. The molecule has 0 saturated heterocycles. The molecule has 0 radical (unpaired) electrons. The maximum absolute atomic E-state index is 13.3. The number of aliphatic hydroxyl groups excluding tert-OH is 1.